The molecule has 1 atom stereocenters. The minimum atomic E-state index is -0.900. The Bertz CT molecular complexity index is 465. The van der Waals surface area contributed by atoms with Gasteiger partial charge in [0, 0.05) is 5.69 Å². The highest BCUT2D eigenvalue weighted by Crippen LogP contribution is 2.15. The lowest BCUT2D eigenvalue weighted by molar-refractivity contribution is -0.138. The number of hydrogen-bond acceptors (Lipinski definition) is 4. The molecule has 2 N–H and O–H groups in total. The van der Waals surface area contributed by atoms with Crippen LogP contribution in [0.2, 0.25) is 0 Å². The first-order valence-corrected chi connectivity index (χ1v) is 6.61. The smallest absolute Gasteiger partial charge is 0.338 e. The van der Waals surface area contributed by atoms with E-state index in [9.17, 15) is 9.59 Å². The third-order valence-electron chi connectivity index (χ3n) is 2.72. The minimum absolute atomic E-state index is 0.0434. The molecule has 0 aliphatic heterocycles. The van der Waals surface area contributed by atoms with Crippen molar-refractivity contribution in [3.8, 4) is 0 Å². The van der Waals surface area contributed by atoms with Crippen LogP contribution in [-0.4, -0.2) is 29.2 Å². The van der Waals surface area contributed by atoms with Crippen LogP contribution < -0.4 is 5.32 Å². The lowest BCUT2D eigenvalue weighted by Gasteiger charge is -2.19. The van der Waals surface area contributed by atoms with Gasteiger partial charge in [-0.05, 0) is 44.0 Å². The molecule has 0 aliphatic rings. The van der Waals surface area contributed by atoms with Crippen molar-refractivity contribution in [1.29, 1.82) is 0 Å². The monoisotopic (exact) mass is 279 g/mol. The summed E-state index contributed by atoms with van der Waals surface area (Å²) < 4.78 is 5.08. The molecular weight excluding hydrogens is 258 g/mol. The third-order valence-corrected chi connectivity index (χ3v) is 2.72. The van der Waals surface area contributed by atoms with E-state index < -0.39 is 12.0 Å². The summed E-state index contributed by atoms with van der Waals surface area (Å²) in [5, 5.41) is 12.0. The maximum atomic E-state index is 11.7. The first-order chi connectivity index (χ1) is 9.31. The quantitative estimate of drug-likeness (QED) is 0.783. The molecule has 0 spiro atoms. The van der Waals surface area contributed by atoms with E-state index in [2.05, 4.69) is 5.32 Å². The molecule has 110 valence electrons. The lowest BCUT2D eigenvalue weighted by Crippen LogP contribution is -2.34. The van der Waals surface area contributed by atoms with Crippen molar-refractivity contribution in [3.63, 3.8) is 0 Å². The number of hydrogen-bond donors (Lipinski definition) is 2. The third kappa shape index (κ3) is 4.57. The molecule has 1 rings (SSSR count). The second kappa shape index (κ2) is 6.93. The molecule has 0 amide bonds. The van der Waals surface area contributed by atoms with Gasteiger partial charge < -0.3 is 15.2 Å². The van der Waals surface area contributed by atoms with Crippen molar-refractivity contribution in [2.45, 2.75) is 39.8 Å². The number of carbonyl (C=O) groups is 2. The van der Waals surface area contributed by atoms with E-state index >= 15 is 0 Å². The summed E-state index contributed by atoms with van der Waals surface area (Å²) in [5.41, 5.74) is 1.10. The van der Waals surface area contributed by atoms with Crippen molar-refractivity contribution >= 4 is 17.6 Å². The second-order valence-corrected chi connectivity index (χ2v) is 5.24. The van der Waals surface area contributed by atoms with Gasteiger partial charge in [0.1, 0.15) is 6.04 Å². The van der Waals surface area contributed by atoms with E-state index in [1.165, 1.54) is 0 Å². The maximum Gasteiger partial charge on any atom is 0.338 e. The fourth-order valence-corrected chi connectivity index (χ4v) is 1.68. The van der Waals surface area contributed by atoms with Crippen LogP contribution in [-0.2, 0) is 9.53 Å². The topological polar surface area (TPSA) is 75.6 Å². The molecule has 0 bridgehead atoms. The number of benzene rings is 1. The summed E-state index contributed by atoms with van der Waals surface area (Å²) in [5.74, 6) is -1.33. The minimum Gasteiger partial charge on any atom is -0.480 e. The fraction of sp³-hybridized carbons (Fsp3) is 0.467. The van der Waals surface area contributed by atoms with Gasteiger partial charge in [-0.1, -0.05) is 13.8 Å². The van der Waals surface area contributed by atoms with Crippen molar-refractivity contribution in [3.05, 3.63) is 29.8 Å². The van der Waals surface area contributed by atoms with Crippen LogP contribution in [0.3, 0.4) is 0 Å². The largest absolute Gasteiger partial charge is 0.480 e. The standard InChI is InChI=1S/C15H21NO4/c1-9(2)13(14(17)18)16-12-7-5-11(6-8-12)15(19)20-10(3)4/h5-10,13,16H,1-4H3,(H,17,18)/t13-/m0/s1. The van der Waals surface area contributed by atoms with E-state index in [0.29, 0.717) is 11.3 Å². The van der Waals surface area contributed by atoms with Crippen LogP contribution in [0.4, 0.5) is 5.69 Å². The van der Waals surface area contributed by atoms with Gasteiger partial charge in [-0.2, -0.15) is 0 Å². The number of carbonyl (C=O) groups excluding carboxylic acids is 1. The summed E-state index contributed by atoms with van der Waals surface area (Å²) >= 11 is 0. The number of carboxylic acids is 1. The Balaban J connectivity index is 2.76. The first-order valence-electron chi connectivity index (χ1n) is 6.61. The van der Waals surface area contributed by atoms with E-state index in [1.807, 2.05) is 13.8 Å². The Morgan fingerprint density at radius 1 is 1.10 bits per heavy atom. The molecule has 0 saturated heterocycles. The van der Waals surface area contributed by atoms with E-state index in [4.69, 9.17) is 9.84 Å². The van der Waals surface area contributed by atoms with Crippen LogP contribution >= 0.6 is 0 Å². The van der Waals surface area contributed by atoms with Crippen molar-refractivity contribution in [2.75, 3.05) is 5.32 Å². The van der Waals surface area contributed by atoms with Gasteiger partial charge in [0.05, 0.1) is 11.7 Å². The van der Waals surface area contributed by atoms with Gasteiger partial charge in [0.15, 0.2) is 0 Å². The van der Waals surface area contributed by atoms with Crippen molar-refractivity contribution in [1.82, 2.24) is 0 Å². The average Bonchev–Trinajstić information content (AvgIpc) is 2.35. The van der Waals surface area contributed by atoms with Crippen molar-refractivity contribution in [2.24, 2.45) is 5.92 Å². The van der Waals surface area contributed by atoms with Crippen LogP contribution in [0.15, 0.2) is 24.3 Å². The zero-order valence-corrected chi connectivity index (χ0v) is 12.2. The molecule has 0 heterocycles. The molecule has 1 aromatic rings. The Labute approximate surface area is 118 Å². The van der Waals surface area contributed by atoms with Crippen LogP contribution in [0.1, 0.15) is 38.1 Å². The molecular formula is C15H21NO4. The highest BCUT2D eigenvalue weighted by Gasteiger charge is 2.21. The van der Waals surface area contributed by atoms with Crippen LogP contribution in [0.5, 0.6) is 0 Å². The summed E-state index contributed by atoms with van der Waals surface area (Å²) in [6, 6.07) is 5.92. The summed E-state index contributed by atoms with van der Waals surface area (Å²) in [6.45, 7) is 7.24. The average molecular weight is 279 g/mol. The van der Waals surface area contributed by atoms with Gasteiger partial charge in [-0.25, -0.2) is 9.59 Å². The zero-order chi connectivity index (χ0) is 15.3. The van der Waals surface area contributed by atoms with E-state index in [-0.39, 0.29) is 18.0 Å². The normalized spacial score (nSPS) is 12.3. The van der Waals surface area contributed by atoms with Gasteiger partial charge in [0.25, 0.3) is 0 Å². The SMILES string of the molecule is CC(C)OC(=O)c1ccc(N[C@H](C(=O)O)C(C)C)cc1. The number of anilines is 1. The second-order valence-electron chi connectivity index (χ2n) is 5.24. The fourth-order valence-electron chi connectivity index (χ4n) is 1.68. The molecule has 0 fully saturated rings. The van der Waals surface area contributed by atoms with E-state index in [1.54, 1.807) is 38.1 Å². The number of aliphatic carboxylic acids is 1. The maximum absolute atomic E-state index is 11.7. The molecule has 0 aromatic heterocycles. The molecule has 5 nitrogen and oxygen atoms in total. The van der Waals surface area contributed by atoms with Crippen LogP contribution in [0, 0.1) is 5.92 Å². The number of nitrogens with one attached hydrogen (secondary N) is 1. The molecule has 5 heteroatoms. The van der Waals surface area contributed by atoms with Gasteiger partial charge in [-0.15, -0.1) is 0 Å². The number of ether oxygens (including phenoxy) is 1. The van der Waals surface area contributed by atoms with Crippen molar-refractivity contribution < 1.29 is 19.4 Å². The van der Waals surface area contributed by atoms with Crippen LogP contribution in [0.25, 0.3) is 0 Å². The molecule has 1 aromatic carbocycles. The predicted octanol–water partition coefficient (Wildman–Crippen LogP) is 2.77. The Morgan fingerprint density at radius 3 is 2.05 bits per heavy atom. The van der Waals surface area contributed by atoms with E-state index in [0.717, 1.165) is 0 Å². The number of carboxylic acid groups (broad SMARTS) is 1. The Morgan fingerprint density at radius 2 is 1.65 bits per heavy atom. The van der Waals surface area contributed by atoms with Gasteiger partial charge in [0.2, 0.25) is 0 Å². The molecule has 0 unspecified atom stereocenters. The molecule has 20 heavy (non-hydrogen) atoms. The summed E-state index contributed by atoms with van der Waals surface area (Å²) in [6.07, 6.45) is -0.169. The lowest BCUT2D eigenvalue weighted by atomic mass is 10.0. The zero-order valence-electron chi connectivity index (χ0n) is 12.2. The number of rotatable bonds is 6. The predicted molar refractivity (Wildman–Crippen MR) is 76.9 cm³/mol. The highest BCUT2D eigenvalue weighted by atomic mass is 16.5. The number of esters is 1. The Kier molecular flexibility index (Phi) is 5.55. The first kappa shape index (κ1) is 16.0. The molecule has 0 radical (unpaired) electrons. The van der Waals surface area contributed by atoms with Gasteiger partial charge >= 0.3 is 11.9 Å². The molecule has 0 aliphatic carbocycles. The van der Waals surface area contributed by atoms with Gasteiger partial charge in [-0.3, -0.25) is 0 Å². The molecule has 0 saturated carbocycles. The Hall–Kier alpha value is -2.04. The summed E-state index contributed by atoms with van der Waals surface area (Å²) in [4.78, 5) is 22.8. The highest BCUT2D eigenvalue weighted by molar-refractivity contribution is 5.90. The summed E-state index contributed by atoms with van der Waals surface area (Å²) in [7, 11) is 0.